The molecule has 0 radical (unpaired) electrons. The van der Waals surface area contributed by atoms with E-state index in [1.165, 1.54) is 21.9 Å². The SMILES string of the molecule is [Cl-].[Cl][Pt].[NH2-].[NH2-].c1ccc(-c2cncc3ccccc23)cc1. The number of fused-ring (bicyclic) bond motifs is 1. The van der Waals surface area contributed by atoms with Crippen LogP contribution in [-0.4, -0.2) is 4.98 Å². The Labute approximate surface area is 146 Å². The second-order valence-corrected chi connectivity index (χ2v) is 3.77. The predicted octanol–water partition coefficient (Wildman–Crippen LogP) is 3.03. The molecule has 3 rings (SSSR count). The Kier molecular flexibility index (Phi) is 12.4. The van der Waals surface area contributed by atoms with Crippen molar-refractivity contribution in [3.63, 3.8) is 0 Å². The molecule has 2 aromatic carbocycles. The van der Waals surface area contributed by atoms with E-state index in [2.05, 4.69) is 56.9 Å². The van der Waals surface area contributed by atoms with E-state index in [0.29, 0.717) is 0 Å². The van der Waals surface area contributed by atoms with E-state index < -0.39 is 0 Å². The Hall–Kier alpha value is -0.962. The van der Waals surface area contributed by atoms with Crippen LogP contribution < -0.4 is 12.4 Å². The summed E-state index contributed by atoms with van der Waals surface area (Å²) in [4.78, 5) is 4.29. The molecular formula is C15H15Cl2N3Pt-3. The number of rotatable bonds is 1. The van der Waals surface area contributed by atoms with Gasteiger partial charge in [0.05, 0.1) is 0 Å². The van der Waals surface area contributed by atoms with Gasteiger partial charge in [0.1, 0.15) is 0 Å². The van der Waals surface area contributed by atoms with Gasteiger partial charge in [0.2, 0.25) is 0 Å². The maximum Gasteiger partial charge on any atom is 0.0352 e. The molecule has 0 saturated carbocycles. The van der Waals surface area contributed by atoms with E-state index in [1.807, 2.05) is 24.5 Å². The molecule has 0 unspecified atom stereocenters. The standard InChI is InChI=1S/C15H11N.2ClH.2H2N.Pt/c1-2-6-12(7-3-1)15-11-16-10-13-8-4-5-9-14(13)15;;;;;/h1-11H;2*1H;2*1H2;/q;;;2*-1;+1/p-2. The molecular weight excluding hydrogens is 488 g/mol. The molecule has 1 heterocycles. The van der Waals surface area contributed by atoms with Crippen LogP contribution in [0, 0.1) is 0 Å². The second kappa shape index (κ2) is 11.7. The van der Waals surface area contributed by atoms with E-state index in [1.54, 1.807) is 18.8 Å². The molecule has 117 valence electrons. The van der Waals surface area contributed by atoms with Crippen molar-refractivity contribution in [3.05, 3.63) is 79.3 Å². The monoisotopic (exact) mass is 502 g/mol. The molecule has 0 fully saturated rings. The van der Waals surface area contributed by atoms with Gasteiger partial charge >= 0.3 is 28.2 Å². The first-order valence-corrected chi connectivity index (χ1v) is 8.27. The Balaban J connectivity index is 0. The van der Waals surface area contributed by atoms with Crippen molar-refractivity contribution >= 4 is 20.2 Å². The first-order valence-electron chi connectivity index (χ1n) is 5.45. The van der Waals surface area contributed by atoms with Gasteiger partial charge in [-0.25, -0.2) is 0 Å². The molecule has 21 heavy (non-hydrogen) atoms. The smallest absolute Gasteiger partial charge is 0.0352 e. The van der Waals surface area contributed by atoms with Crippen molar-refractivity contribution < 1.29 is 31.2 Å². The Morgan fingerprint density at radius 2 is 1.33 bits per heavy atom. The molecule has 0 saturated heterocycles. The summed E-state index contributed by atoms with van der Waals surface area (Å²) in [5.74, 6) is 0. The van der Waals surface area contributed by atoms with Crippen LogP contribution in [0.1, 0.15) is 0 Å². The summed E-state index contributed by atoms with van der Waals surface area (Å²) < 4.78 is 0. The van der Waals surface area contributed by atoms with Crippen LogP contribution in [-0.2, 0) is 18.8 Å². The fourth-order valence-corrected chi connectivity index (χ4v) is 1.96. The van der Waals surface area contributed by atoms with E-state index >= 15 is 0 Å². The van der Waals surface area contributed by atoms with Gasteiger partial charge in [-0.2, -0.15) is 0 Å². The molecule has 0 aliphatic heterocycles. The zero-order chi connectivity index (χ0) is 12.8. The summed E-state index contributed by atoms with van der Waals surface area (Å²) in [6.07, 6.45) is 3.83. The zero-order valence-corrected chi connectivity index (χ0v) is 14.8. The molecule has 3 aromatic rings. The molecule has 3 nitrogen and oxygen atoms in total. The van der Waals surface area contributed by atoms with Gasteiger partial charge in [-0.15, -0.1) is 0 Å². The van der Waals surface area contributed by atoms with Crippen molar-refractivity contribution in [1.29, 1.82) is 0 Å². The maximum atomic E-state index is 4.61. The molecule has 0 aliphatic rings. The van der Waals surface area contributed by atoms with Crippen LogP contribution in [0.3, 0.4) is 0 Å². The van der Waals surface area contributed by atoms with Crippen LogP contribution in [0.25, 0.3) is 34.2 Å². The van der Waals surface area contributed by atoms with Crippen LogP contribution >= 0.6 is 9.42 Å². The van der Waals surface area contributed by atoms with Crippen LogP contribution in [0.2, 0.25) is 0 Å². The average molecular weight is 503 g/mol. The van der Waals surface area contributed by atoms with Crippen LogP contribution in [0.4, 0.5) is 0 Å². The summed E-state index contributed by atoms with van der Waals surface area (Å²) in [5.41, 5.74) is 2.41. The topological polar surface area (TPSA) is 79.9 Å². The van der Waals surface area contributed by atoms with Crippen molar-refractivity contribution in [3.8, 4) is 11.1 Å². The molecule has 0 amide bonds. The summed E-state index contributed by atoms with van der Waals surface area (Å²) >= 11 is 1.61. The normalized spacial score (nSPS) is 8.33. The van der Waals surface area contributed by atoms with Crippen LogP contribution in [0.15, 0.2) is 67.0 Å². The van der Waals surface area contributed by atoms with Crippen LogP contribution in [0.5, 0.6) is 0 Å². The van der Waals surface area contributed by atoms with Gasteiger partial charge in [0.15, 0.2) is 0 Å². The number of benzene rings is 2. The minimum absolute atomic E-state index is 0. The maximum absolute atomic E-state index is 4.61. The molecule has 0 atom stereocenters. The van der Waals surface area contributed by atoms with Gasteiger partial charge in [0, 0.05) is 23.3 Å². The quantitative estimate of drug-likeness (QED) is 0.503. The Morgan fingerprint density at radius 1 is 0.762 bits per heavy atom. The predicted molar refractivity (Wildman–Crippen MR) is 83.6 cm³/mol. The van der Waals surface area contributed by atoms with Gasteiger partial charge in [-0.1, -0.05) is 54.6 Å². The minimum Gasteiger partial charge on any atom is -0.693 e. The Bertz CT molecular complexity index is 631. The number of halogens is 2. The third-order valence-electron chi connectivity index (χ3n) is 2.75. The number of aromatic nitrogens is 1. The molecule has 0 spiro atoms. The summed E-state index contributed by atoms with van der Waals surface area (Å²) in [6.45, 7) is 0. The third kappa shape index (κ3) is 5.38. The van der Waals surface area contributed by atoms with E-state index in [-0.39, 0.29) is 24.7 Å². The molecule has 4 N–H and O–H groups in total. The van der Waals surface area contributed by atoms with E-state index in [4.69, 9.17) is 0 Å². The number of pyridine rings is 1. The van der Waals surface area contributed by atoms with E-state index in [0.717, 1.165) is 0 Å². The van der Waals surface area contributed by atoms with Crippen molar-refractivity contribution in [2.24, 2.45) is 0 Å². The summed E-state index contributed by atoms with van der Waals surface area (Å²) in [5, 5.41) is 2.44. The fraction of sp³-hybridized carbons (Fsp3) is 0. The fourth-order valence-electron chi connectivity index (χ4n) is 1.96. The molecule has 6 heteroatoms. The van der Waals surface area contributed by atoms with Crippen molar-refractivity contribution in [1.82, 2.24) is 4.98 Å². The molecule has 1 aromatic heterocycles. The first-order chi connectivity index (χ1) is 8.95. The summed E-state index contributed by atoms with van der Waals surface area (Å²) in [6, 6.07) is 18.7. The second-order valence-electron chi connectivity index (χ2n) is 3.77. The van der Waals surface area contributed by atoms with Gasteiger partial charge in [-0.05, 0) is 10.9 Å². The number of nitrogens with two attached hydrogens (primary N) is 2. The average Bonchev–Trinajstić information content (AvgIpc) is 2.50. The van der Waals surface area contributed by atoms with E-state index in [9.17, 15) is 0 Å². The number of nitrogens with zero attached hydrogens (tertiary/aromatic N) is 1. The Morgan fingerprint density at radius 3 is 2.00 bits per heavy atom. The minimum atomic E-state index is 0. The van der Waals surface area contributed by atoms with Crippen molar-refractivity contribution in [2.45, 2.75) is 0 Å². The zero-order valence-electron chi connectivity index (χ0n) is 11.0. The summed E-state index contributed by atoms with van der Waals surface area (Å²) in [7, 11) is 4.61. The third-order valence-corrected chi connectivity index (χ3v) is 2.75. The van der Waals surface area contributed by atoms with Gasteiger partial charge in [-0.3, -0.25) is 4.98 Å². The molecule has 0 aliphatic carbocycles. The van der Waals surface area contributed by atoms with Crippen molar-refractivity contribution in [2.75, 3.05) is 0 Å². The van der Waals surface area contributed by atoms with Gasteiger partial charge < -0.3 is 24.7 Å². The first kappa shape index (κ1) is 22.3. The molecule has 0 bridgehead atoms. The largest absolute Gasteiger partial charge is 0.693 e. The number of hydrogen-bond donors (Lipinski definition) is 0. The number of hydrogen-bond acceptors (Lipinski definition) is 1. The van der Waals surface area contributed by atoms with Gasteiger partial charge in [0.25, 0.3) is 0 Å².